The Morgan fingerprint density at radius 2 is 2.24 bits per heavy atom. The minimum atomic E-state index is -4.45. The fourth-order valence-electron chi connectivity index (χ4n) is 2.95. The molecule has 1 N–H and O–H groups in total. The Morgan fingerprint density at radius 1 is 1.40 bits per heavy atom. The van der Waals surface area contributed by atoms with E-state index in [4.69, 9.17) is 0 Å². The largest absolute Gasteiger partial charge is 0.416 e. The van der Waals surface area contributed by atoms with Gasteiger partial charge in [0.2, 0.25) is 0 Å². The lowest BCUT2D eigenvalue weighted by molar-refractivity contribution is -0.137. The van der Waals surface area contributed by atoms with Crippen LogP contribution < -0.4 is 10.2 Å². The van der Waals surface area contributed by atoms with Crippen LogP contribution >= 0.6 is 11.3 Å². The molecule has 0 aliphatic carbocycles. The van der Waals surface area contributed by atoms with Crippen molar-refractivity contribution in [1.29, 1.82) is 0 Å². The van der Waals surface area contributed by atoms with Gasteiger partial charge < -0.3 is 10.2 Å². The Labute approximate surface area is 147 Å². The molecule has 1 aromatic carbocycles. The van der Waals surface area contributed by atoms with Crippen molar-refractivity contribution in [3.8, 4) is 0 Å². The zero-order valence-corrected chi connectivity index (χ0v) is 14.2. The van der Waals surface area contributed by atoms with Crippen molar-refractivity contribution in [3.05, 3.63) is 47.0 Å². The number of benzene rings is 1. The van der Waals surface area contributed by atoms with Crippen molar-refractivity contribution in [2.75, 3.05) is 24.5 Å². The van der Waals surface area contributed by atoms with E-state index in [2.05, 4.69) is 15.2 Å². The Kier molecular flexibility index (Phi) is 5.27. The van der Waals surface area contributed by atoms with Gasteiger partial charge in [0.15, 0.2) is 5.13 Å². The molecule has 1 aromatic heterocycles. The minimum Gasteiger partial charge on any atom is -0.352 e. The van der Waals surface area contributed by atoms with Gasteiger partial charge in [0.25, 0.3) is 5.91 Å². The molecule has 0 radical (unpaired) electrons. The van der Waals surface area contributed by atoms with Gasteiger partial charge in [-0.3, -0.25) is 4.79 Å². The number of thiazole rings is 1. The van der Waals surface area contributed by atoms with Crippen molar-refractivity contribution in [2.45, 2.75) is 19.0 Å². The number of alkyl halides is 3. The van der Waals surface area contributed by atoms with Gasteiger partial charge in [-0.25, -0.2) is 4.98 Å². The summed E-state index contributed by atoms with van der Waals surface area (Å²) >= 11 is 1.58. The molecule has 1 aliphatic rings. The summed E-state index contributed by atoms with van der Waals surface area (Å²) in [5, 5.41) is 5.65. The molecule has 2 heterocycles. The van der Waals surface area contributed by atoms with Crippen molar-refractivity contribution >= 4 is 22.4 Å². The first-order valence-electron chi connectivity index (χ1n) is 8.03. The van der Waals surface area contributed by atoms with Crippen molar-refractivity contribution in [2.24, 2.45) is 5.92 Å². The number of nitrogens with zero attached hydrogens (tertiary/aromatic N) is 2. The van der Waals surface area contributed by atoms with Crippen LogP contribution in [0.25, 0.3) is 0 Å². The van der Waals surface area contributed by atoms with Crippen LogP contribution in [-0.4, -0.2) is 30.5 Å². The summed E-state index contributed by atoms with van der Waals surface area (Å²) in [4.78, 5) is 18.7. The number of amides is 1. The second-order valence-corrected chi connectivity index (χ2v) is 6.93. The molecule has 0 bridgehead atoms. The summed E-state index contributed by atoms with van der Waals surface area (Å²) in [6.45, 7) is 2.17. The van der Waals surface area contributed by atoms with Gasteiger partial charge in [0.1, 0.15) is 0 Å². The normalized spacial score (nSPS) is 18.2. The van der Waals surface area contributed by atoms with Crippen LogP contribution in [0, 0.1) is 5.92 Å². The number of aromatic nitrogens is 1. The number of halogens is 3. The van der Waals surface area contributed by atoms with E-state index in [1.54, 1.807) is 17.5 Å². The van der Waals surface area contributed by atoms with E-state index >= 15 is 0 Å². The first kappa shape index (κ1) is 17.7. The molecule has 1 atom stereocenters. The van der Waals surface area contributed by atoms with Crippen LogP contribution in [0.2, 0.25) is 0 Å². The molecule has 0 saturated carbocycles. The third-order valence-corrected chi connectivity index (χ3v) is 5.04. The van der Waals surface area contributed by atoms with Crippen molar-refractivity contribution < 1.29 is 18.0 Å². The van der Waals surface area contributed by atoms with Crippen LogP contribution in [0.15, 0.2) is 35.8 Å². The van der Waals surface area contributed by atoms with E-state index in [1.807, 2.05) is 5.38 Å². The predicted octanol–water partition coefficient (Wildman–Crippen LogP) is 3.81. The molecular formula is C17H18F3N3OS. The molecule has 134 valence electrons. The Bertz CT molecular complexity index is 718. The third-order valence-electron chi connectivity index (χ3n) is 4.21. The highest BCUT2D eigenvalue weighted by Crippen LogP contribution is 2.29. The summed E-state index contributed by atoms with van der Waals surface area (Å²) in [6, 6.07) is 4.50. The zero-order chi connectivity index (χ0) is 17.9. The average molecular weight is 369 g/mol. The smallest absolute Gasteiger partial charge is 0.352 e. The van der Waals surface area contributed by atoms with E-state index in [0.717, 1.165) is 43.2 Å². The van der Waals surface area contributed by atoms with Crippen molar-refractivity contribution in [1.82, 2.24) is 10.3 Å². The summed E-state index contributed by atoms with van der Waals surface area (Å²) in [5.74, 6) is -0.218. The first-order valence-corrected chi connectivity index (χ1v) is 8.91. The number of carbonyl (C=O) groups excluding carboxylic acids is 1. The molecule has 1 aliphatic heterocycles. The molecule has 25 heavy (non-hydrogen) atoms. The molecule has 8 heteroatoms. The highest BCUT2D eigenvalue weighted by Gasteiger charge is 2.31. The lowest BCUT2D eigenvalue weighted by atomic mass is 9.98. The van der Waals surface area contributed by atoms with E-state index < -0.39 is 17.6 Å². The maximum absolute atomic E-state index is 12.7. The summed E-state index contributed by atoms with van der Waals surface area (Å²) < 4.78 is 38.2. The van der Waals surface area contributed by atoms with Crippen LogP contribution in [-0.2, 0) is 6.18 Å². The Balaban J connectivity index is 1.57. The molecule has 0 spiro atoms. The predicted molar refractivity (Wildman–Crippen MR) is 90.8 cm³/mol. The summed E-state index contributed by atoms with van der Waals surface area (Å²) in [5.41, 5.74) is -0.782. The van der Waals surface area contributed by atoms with Gasteiger partial charge in [-0.15, -0.1) is 11.3 Å². The van der Waals surface area contributed by atoms with E-state index in [1.165, 1.54) is 12.1 Å². The SMILES string of the molecule is O=C(NCC1CCCN(c2nccs2)C1)c1cccc(C(F)(F)F)c1. The van der Waals surface area contributed by atoms with E-state index in [-0.39, 0.29) is 11.5 Å². The topological polar surface area (TPSA) is 45.2 Å². The van der Waals surface area contributed by atoms with Crippen LogP contribution in [0.4, 0.5) is 18.3 Å². The second-order valence-electron chi connectivity index (χ2n) is 6.06. The number of nitrogens with one attached hydrogen (secondary N) is 1. The highest BCUT2D eigenvalue weighted by atomic mass is 32.1. The van der Waals surface area contributed by atoms with Crippen LogP contribution in [0.3, 0.4) is 0 Å². The molecule has 1 saturated heterocycles. The number of piperidine rings is 1. The molecule has 3 rings (SSSR count). The molecule has 2 aromatic rings. The Hall–Kier alpha value is -2.09. The van der Waals surface area contributed by atoms with E-state index in [0.29, 0.717) is 6.54 Å². The average Bonchev–Trinajstić information content (AvgIpc) is 3.14. The second kappa shape index (κ2) is 7.43. The first-order chi connectivity index (χ1) is 11.9. The standard InChI is InChI=1S/C17H18F3N3OS/c18-17(19,20)14-5-1-4-13(9-14)15(24)22-10-12-3-2-7-23(11-12)16-21-6-8-25-16/h1,4-6,8-9,12H,2-3,7,10-11H2,(H,22,24). The number of hydrogen-bond acceptors (Lipinski definition) is 4. The highest BCUT2D eigenvalue weighted by molar-refractivity contribution is 7.13. The zero-order valence-electron chi connectivity index (χ0n) is 13.4. The quantitative estimate of drug-likeness (QED) is 0.891. The van der Waals surface area contributed by atoms with Gasteiger partial charge >= 0.3 is 6.18 Å². The maximum atomic E-state index is 12.7. The fraction of sp³-hybridized carbons (Fsp3) is 0.412. The number of carbonyl (C=O) groups is 1. The molecule has 4 nitrogen and oxygen atoms in total. The molecule has 1 unspecified atom stereocenters. The van der Waals surface area contributed by atoms with Gasteiger partial charge in [-0.1, -0.05) is 6.07 Å². The fourth-order valence-corrected chi connectivity index (χ4v) is 3.63. The molecule has 1 amide bonds. The Morgan fingerprint density at radius 3 is 2.96 bits per heavy atom. The number of rotatable bonds is 4. The monoisotopic (exact) mass is 369 g/mol. The van der Waals surface area contributed by atoms with Crippen LogP contribution in [0.5, 0.6) is 0 Å². The van der Waals surface area contributed by atoms with E-state index in [9.17, 15) is 18.0 Å². The molecule has 1 fully saturated rings. The lowest BCUT2D eigenvalue weighted by Gasteiger charge is -2.32. The van der Waals surface area contributed by atoms with Gasteiger partial charge in [0.05, 0.1) is 5.56 Å². The molecular weight excluding hydrogens is 351 g/mol. The van der Waals surface area contributed by atoms with Gasteiger partial charge in [-0.2, -0.15) is 13.2 Å². The summed E-state index contributed by atoms with van der Waals surface area (Å²) in [6.07, 6.45) is -0.707. The van der Waals surface area contributed by atoms with Crippen molar-refractivity contribution in [3.63, 3.8) is 0 Å². The van der Waals surface area contributed by atoms with Gasteiger partial charge in [-0.05, 0) is 37.0 Å². The van der Waals surface area contributed by atoms with Crippen LogP contribution in [0.1, 0.15) is 28.8 Å². The third kappa shape index (κ3) is 4.50. The lowest BCUT2D eigenvalue weighted by Crippen LogP contribution is -2.41. The minimum absolute atomic E-state index is 0.0300. The maximum Gasteiger partial charge on any atom is 0.416 e. The number of anilines is 1. The summed E-state index contributed by atoms with van der Waals surface area (Å²) in [7, 11) is 0. The van der Waals surface area contributed by atoms with Gasteiger partial charge in [0, 0.05) is 36.8 Å². The number of hydrogen-bond donors (Lipinski definition) is 1.